The molecule has 8 heteroatoms. The van der Waals surface area contributed by atoms with Gasteiger partial charge in [0.2, 0.25) is 5.91 Å². The van der Waals surface area contributed by atoms with Crippen LogP contribution in [0.3, 0.4) is 0 Å². The van der Waals surface area contributed by atoms with E-state index in [0.717, 1.165) is 9.37 Å². The number of hydrogen-bond donors (Lipinski definition) is 0. The highest BCUT2D eigenvalue weighted by Crippen LogP contribution is 2.39. The summed E-state index contributed by atoms with van der Waals surface area (Å²) in [4.78, 5) is 39.8. The Morgan fingerprint density at radius 1 is 1.11 bits per heavy atom. The first-order valence-corrected chi connectivity index (χ1v) is 9.75. The Morgan fingerprint density at radius 3 is 2.43 bits per heavy atom. The van der Waals surface area contributed by atoms with Gasteiger partial charge in [-0.3, -0.25) is 19.4 Å². The Morgan fingerprint density at radius 2 is 1.79 bits per heavy atom. The SMILES string of the molecule is CC(=O)C1=NN(c2ccc(Br)cc2)[C@H]2C(=O)N(c3cccc(Cl)c3C)C(=O)[C@@H]12. The van der Waals surface area contributed by atoms with Gasteiger partial charge in [0.15, 0.2) is 5.78 Å². The van der Waals surface area contributed by atoms with Crippen LogP contribution >= 0.6 is 27.5 Å². The van der Waals surface area contributed by atoms with Crippen LogP contribution in [0, 0.1) is 12.8 Å². The number of amides is 2. The van der Waals surface area contributed by atoms with Crippen molar-refractivity contribution in [1.29, 1.82) is 0 Å². The van der Waals surface area contributed by atoms with Crippen LogP contribution in [-0.4, -0.2) is 29.4 Å². The molecule has 4 rings (SSSR count). The predicted octanol–water partition coefficient (Wildman–Crippen LogP) is 3.73. The first-order valence-electron chi connectivity index (χ1n) is 8.58. The maximum atomic E-state index is 13.3. The summed E-state index contributed by atoms with van der Waals surface area (Å²) < 4.78 is 0.868. The molecule has 2 atom stereocenters. The molecule has 0 N–H and O–H groups in total. The molecule has 142 valence electrons. The molecule has 0 aliphatic carbocycles. The summed E-state index contributed by atoms with van der Waals surface area (Å²) >= 11 is 9.56. The van der Waals surface area contributed by atoms with E-state index in [1.807, 2.05) is 12.1 Å². The molecular weight excluding hydrogens is 446 g/mol. The van der Waals surface area contributed by atoms with E-state index < -0.39 is 23.8 Å². The fourth-order valence-corrected chi connectivity index (χ4v) is 4.02. The molecule has 0 radical (unpaired) electrons. The van der Waals surface area contributed by atoms with Crippen molar-refractivity contribution in [1.82, 2.24) is 0 Å². The zero-order chi connectivity index (χ0) is 20.2. The molecule has 0 aromatic heterocycles. The van der Waals surface area contributed by atoms with E-state index in [4.69, 9.17) is 11.6 Å². The molecule has 2 aliphatic heterocycles. The monoisotopic (exact) mass is 459 g/mol. The number of fused-ring (bicyclic) bond motifs is 1. The number of anilines is 2. The van der Waals surface area contributed by atoms with Crippen LogP contribution in [0.5, 0.6) is 0 Å². The third-order valence-electron chi connectivity index (χ3n) is 4.98. The lowest BCUT2D eigenvalue weighted by Gasteiger charge is -2.23. The van der Waals surface area contributed by atoms with Gasteiger partial charge in [-0.2, -0.15) is 5.10 Å². The van der Waals surface area contributed by atoms with Crippen LogP contribution in [0.1, 0.15) is 12.5 Å². The molecule has 2 aliphatic rings. The summed E-state index contributed by atoms with van der Waals surface area (Å²) in [6.45, 7) is 3.10. The average Bonchev–Trinajstić information content (AvgIpc) is 3.16. The number of imide groups is 1. The van der Waals surface area contributed by atoms with Gasteiger partial charge in [0.1, 0.15) is 17.7 Å². The van der Waals surface area contributed by atoms with Crippen molar-refractivity contribution in [3.8, 4) is 0 Å². The van der Waals surface area contributed by atoms with Crippen molar-refractivity contribution < 1.29 is 14.4 Å². The number of rotatable bonds is 3. The van der Waals surface area contributed by atoms with Gasteiger partial charge in [-0.1, -0.05) is 33.6 Å². The molecular formula is C20H15BrClN3O3. The summed E-state index contributed by atoms with van der Waals surface area (Å²) in [5, 5.41) is 6.26. The smallest absolute Gasteiger partial charge is 0.259 e. The Bertz CT molecular complexity index is 1050. The van der Waals surface area contributed by atoms with Crippen molar-refractivity contribution in [3.63, 3.8) is 0 Å². The molecule has 0 spiro atoms. The van der Waals surface area contributed by atoms with Gasteiger partial charge in [-0.25, -0.2) is 4.90 Å². The maximum Gasteiger partial charge on any atom is 0.259 e. The van der Waals surface area contributed by atoms with E-state index in [0.29, 0.717) is 22.0 Å². The molecule has 0 unspecified atom stereocenters. The Balaban J connectivity index is 1.83. The van der Waals surface area contributed by atoms with Crippen molar-refractivity contribution in [2.75, 3.05) is 9.91 Å². The number of carbonyl (C=O) groups is 3. The van der Waals surface area contributed by atoms with E-state index in [1.54, 1.807) is 37.3 Å². The number of Topliss-reactive ketones (excluding diaryl/α,β-unsaturated/α-hetero) is 1. The van der Waals surface area contributed by atoms with E-state index in [-0.39, 0.29) is 11.5 Å². The van der Waals surface area contributed by atoms with Gasteiger partial charge in [-0.15, -0.1) is 0 Å². The largest absolute Gasteiger partial charge is 0.293 e. The topological polar surface area (TPSA) is 70.1 Å². The molecule has 2 aromatic carbocycles. The van der Waals surface area contributed by atoms with Crippen molar-refractivity contribution in [2.24, 2.45) is 11.0 Å². The second-order valence-electron chi connectivity index (χ2n) is 6.68. The van der Waals surface area contributed by atoms with E-state index >= 15 is 0 Å². The van der Waals surface area contributed by atoms with Gasteiger partial charge in [0.25, 0.3) is 5.91 Å². The zero-order valence-electron chi connectivity index (χ0n) is 15.0. The molecule has 2 amide bonds. The third-order valence-corrected chi connectivity index (χ3v) is 5.92. The van der Waals surface area contributed by atoms with Gasteiger partial charge in [0.05, 0.1) is 11.4 Å². The second kappa shape index (κ2) is 6.83. The second-order valence-corrected chi connectivity index (χ2v) is 8.00. The van der Waals surface area contributed by atoms with Crippen LogP contribution in [0.25, 0.3) is 0 Å². The van der Waals surface area contributed by atoms with Gasteiger partial charge >= 0.3 is 0 Å². The van der Waals surface area contributed by atoms with Gasteiger partial charge < -0.3 is 0 Å². The van der Waals surface area contributed by atoms with Gasteiger partial charge in [0, 0.05) is 16.4 Å². The Hall–Kier alpha value is -2.51. The fraction of sp³-hybridized carbons (Fsp3) is 0.200. The summed E-state index contributed by atoms with van der Waals surface area (Å²) in [7, 11) is 0. The Labute approximate surface area is 174 Å². The fourth-order valence-electron chi connectivity index (χ4n) is 3.59. The average molecular weight is 461 g/mol. The van der Waals surface area contributed by atoms with Crippen molar-refractivity contribution in [3.05, 3.63) is 57.5 Å². The maximum absolute atomic E-state index is 13.3. The molecule has 6 nitrogen and oxygen atoms in total. The van der Waals surface area contributed by atoms with E-state index in [9.17, 15) is 14.4 Å². The van der Waals surface area contributed by atoms with Crippen LogP contribution in [0.15, 0.2) is 52.0 Å². The molecule has 0 saturated carbocycles. The normalized spacial score (nSPS) is 21.2. The molecule has 2 aromatic rings. The first kappa shape index (κ1) is 18.8. The van der Waals surface area contributed by atoms with Crippen LogP contribution in [-0.2, 0) is 14.4 Å². The van der Waals surface area contributed by atoms with Crippen LogP contribution in [0.4, 0.5) is 11.4 Å². The van der Waals surface area contributed by atoms with Gasteiger partial charge in [-0.05, 0) is 48.9 Å². The van der Waals surface area contributed by atoms with E-state index in [2.05, 4.69) is 21.0 Å². The minimum Gasteiger partial charge on any atom is -0.293 e. The lowest BCUT2D eigenvalue weighted by atomic mass is 9.95. The molecule has 1 fully saturated rings. The standard InChI is InChI=1S/C20H15BrClN3O3/c1-10-14(22)4-3-5-15(10)24-19(27)16-17(11(2)26)23-25(18(16)20(24)28)13-8-6-12(21)7-9-13/h3-9,16,18H,1-2H3/t16-,18+/m0/s1. The zero-order valence-corrected chi connectivity index (χ0v) is 17.4. The highest BCUT2D eigenvalue weighted by molar-refractivity contribution is 9.10. The highest BCUT2D eigenvalue weighted by Gasteiger charge is 2.58. The Kier molecular flexibility index (Phi) is 4.59. The van der Waals surface area contributed by atoms with Crippen LogP contribution in [0.2, 0.25) is 5.02 Å². The molecule has 28 heavy (non-hydrogen) atoms. The van der Waals surface area contributed by atoms with Crippen molar-refractivity contribution in [2.45, 2.75) is 19.9 Å². The van der Waals surface area contributed by atoms with E-state index in [1.165, 1.54) is 11.9 Å². The minimum absolute atomic E-state index is 0.0912. The summed E-state index contributed by atoms with van der Waals surface area (Å²) in [6, 6.07) is 11.3. The predicted molar refractivity (Wildman–Crippen MR) is 111 cm³/mol. The number of benzene rings is 2. The van der Waals surface area contributed by atoms with Crippen LogP contribution < -0.4 is 9.91 Å². The number of hydrazone groups is 1. The van der Waals surface area contributed by atoms with Crippen molar-refractivity contribution >= 4 is 62.2 Å². The lowest BCUT2D eigenvalue weighted by molar-refractivity contribution is -0.122. The highest BCUT2D eigenvalue weighted by atomic mass is 79.9. The molecule has 0 bridgehead atoms. The number of nitrogens with zero attached hydrogens (tertiary/aromatic N) is 3. The molecule has 1 saturated heterocycles. The molecule has 2 heterocycles. The minimum atomic E-state index is -0.938. The summed E-state index contributed by atoms with van der Waals surface area (Å²) in [5.41, 5.74) is 1.77. The lowest BCUT2D eigenvalue weighted by Crippen LogP contribution is -2.39. The number of hydrogen-bond acceptors (Lipinski definition) is 5. The summed E-state index contributed by atoms with van der Waals surface area (Å²) in [6.07, 6.45) is 0. The number of ketones is 1. The quantitative estimate of drug-likeness (QED) is 0.655. The first-order chi connectivity index (χ1) is 13.3. The number of halogens is 2. The summed E-state index contributed by atoms with van der Waals surface area (Å²) in [5.74, 6) is -2.16. The number of carbonyl (C=O) groups excluding carboxylic acids is 3. The third kappa shape index (κ3) is 2.77.